The highest BCUT2D eigenvalue weighted by atomic mass is 127. The summed E-state index contributed by atoms with van der Waals surface area (Å²) in [5.41, 5.74) is 2.48. The van der Waals surface area contributed by atoms with E-state index in [4.69, 9.17) is 0 Å². The summed E-state index contributed by atoms with van der Waals surface area (Å²) in [6.45, 7) is 13.7. The molecule has 2 N–H and O–H groups in total. The van der Waals surface area contributed by atoms with E-state index >= 15 is 0 Å². The first-order chi connectivity index (χ1) is 14.5. The normalized spacial score (nSPS) is 15.4. The quantitative estimate of drug-likeness (QED) is 0.323. The summed E-state index contributed by atoms with van der Waals surface area (Å²) in [5, 5.41) is 6.86. The maximum Gasteiger partial charge on any atom is 0.191 e. The van der Waals surface area contributed by atoms with Gasteiger partial charge in [0.15, 0.2) is 5.96 Å². The number of likely N-dealkylation sites (N-methyl/N-ethyl adjacent to an activating group) is 1. The summed E-state index contributed by atoms with van der Waals surface area (Å²) in [4.78, 5) is 13.9. The summed E-state index contributed by atoms with van der Waals surface area (Å²) in [6, 6.07) is 14.9. The molecule has 1 aromatic carbocycles. The fourth-order valence-corrected chi connectivity index (χ4v) is 3.70. The maximum atomic E-state index is 4.69. The summed E-state index contributed by atoms with van der Waals surface area (Å²) >= 11 is 0. The Morgan fingerprint density at radius 3 is 2.32 bits per heavy atom. The fraction of sp³-hybridized carbons (Fsp3) is 0.500. The highest BCUT2D eigenvalue weighted by Crippen LogP contribution is 2.21. The number of hydrogen-bond donors (Lipinski definition) is 2. The molecule has 1 fully saturated rings. The Balaban J connectivity index is 0.00000341. The lowest BCUT2D eigenvalue weighted by Gasteiger charge is -2.34. The van der Waals surface area contributed by atoms with Crippen molar-refractivity contribution >= 4 is 35.8 Å². The number of nitrogens with zero attached hydrogens (tertiary/aromatic N) is 4. The third-order valence-electron chi connectivity index (χ3n) is 5.89. The second-order valence-electron chi connectivity index (χ2n) is 8.48. The van der Waals surface area contributed by atoms with Gasteiger partial charge in [-0.25, -0.2) is 4.98 Å². The molecule has 0 atom stereocenters. The van der Waals surface area contributed by atoms with Gasteiger partial charge in [0.25, 0.3) is 0 Å². The number of halogens is 1. The molecular formula is C24H37IN6. The number of rotatable bonds is 7. The van der Waals surface area contributed by atoms with Gasteiger partial charge in [-0.1, -0.05) is 57.2 Å². The first kappa shape index (κ1) is 25.4. The average Bonchev–Trinajstić information content (AvgIpc) is 2.80. The van der Waals surface area contributed by atoms with Crippen LogP contribution in [0.2, 0.25) is 0 Å². The topological polar surface area (TPSA) is 55.8 Å². The van der Waals surface area contributed by atoms with Gasteiger partial charge in [-0.3, -0.25) is 4.99 Å². The standard InChI is InChI=1S/C24H36N6.HI/c1-5-29-13-15-30(16-14-29)22-12-11-20(17-26-22)18-27-23(25-4)28-19-24(2,3)21-9-7-6-8-10-21;/h6-12,17H,5,13-16,18-19H2,1-4H3,(H2,25,27,28);1H. The number of aromatic nitrogens is 1. The monoisotopic (exact) mass is 536 g/mol. The van der Waals surface area contributed by atoms with Gasteiger partial charge in [-0.05, 0) is 23.7 Å². The maximum absolute atomic E-state index is 4.69. The van der Waals surface area contributed by atoms with E-state index in [2.05, 4.69) is 93.6 Å². The molecule has 1 aliphatic heterocycles. The molecule has 1 aromatic heterocycles. The van der Waals surface area contributed by atoms with Gasteiger partial charge in [0.1, 0.15) is 5.82 Å². The predicted molar refractivity (Wildman–Crippen MR) is 142 cm³/mol. The summed E-state index contributed by atoms with van der Waals surface area (Å²) in [5.74, 6) is 1.88. The lowest BCUT2D eigenvalue weighted by Crippen LogP contribution is -2.46. The smallest absolute Gasteiger partial charge is 0.191 e. The van der Waals surface area contributed by atoms with Crippen molar-refractivity contribution in [3.8, 4) is 0 Å². The zero-order valence-electron chi connectivity index (χ0n) is 19.3. The van der Waals surface area contributed by atoms with Gasteiger partial charge in [0, 0.05) is 57.9 Å². The van der Waals surface area contributed by atoms with Crippen LogP contribution < -0.4 is 15.5 Å². The van der Waals surface area contributed by atoms with E-state index in [9.17, 15) is 0 Å². The van der Waals surface area contributed by atoms with Crippen molar-refractivity contribution in [2.75, 3.05) is 51.2 Å². The van der Waals surface area contributed by atoms with E-state index < -0.39 is 0 Å². The second-order valence-corrected chi connectivity index (χ2v) is 8.48. The molecule has 7 heteroatoms. The van der Waals surface area contributed by atoms with Gasteiger partial charge in [-0.2, -0.15) is 0 Å². The van der Waals surface area contributed by atoms with Gasteiger partial charge in [0.2, 0.25) is 0 Å². The first-order valence-electron chi connectivity index (χ1n) is 10.9. The van der Waals surface area contributed by atoms with Crippen LogP contribution in [-0.2, 0) is 12.0 Å². The molecular weight excluding hydrogens is 499 g/mol. The summed E-state index contributed by atoms with van der Waals surface area (Å²) in [7, 11) is 1.81. The van der Waals surface area contributed by atoms with E-state index in [1.165, 1.54) is 5.56 Å². The van der Waals surface area contributed by atoms with Crippen LogP contribution in [0.15, 0.2) is 53.7 Å². The molecule has 3 rings (SSSR count). The van der Waals surface area contributed by atoms with Crippen LogP contribution in [-0.4, -0.2) is 62.2 Å². The number of benzene rings is 1. The number of nitrogens with one attached hydrogen (secondary N) is 2. The Hall–Kier alpha value is -1.87. The number of anilines is 1. The molecule has 0 bridgehead atoms. The molecule has 2 heterocycles. The Morgan fingerprint density at radius 2 is 1.74 bits per heavy atom. The number of piperazine rings is 1. The van der Waals surface area contributed by atoms with Crippen molar-refractivity contribution in [1.29, 1.82) is 0 Å². The van der Waals surface area contributed by atoms with Gasteiger partial charge in [0.05, 0.1) is 0 Å². The average molecular weight is 537 g/mol. The van der Waals surface area contributed by atoms with E-state index in [0.29, 0.717) is 6.54 Å². The molecule has 0 radical (unpaired) electrons. The fourth-order valence-electron chi connectivity index (χ4n) is 3.70. The summed E-state index contributed by atoms with van der Waals surface area (Å²) < 4.78 is 0. The lowest BCUT2D eigenvalue weighted by molar-refractivity contribution is 0.270. The zero-order chi connectivity index (χ0) is 21.4. The van der Waals surface area contributed by atoms with E-state index in [1.54, 1.807) is 0 Å². The van der Waals surface area contributed by atoms with Gasteiger partial charge < -0.3 is 20.4 Å². The van der Waals surface area contributed by atoms with Crippen LogP contribution in [0.1, 0.15) is 31.9 Å². The highest BCUT2D eigenvalue weighted by Gasteiger charge is 2.20. The molecule has 31 heavy (non-hydrogen) atoms. The Kier molecular flexibility index (Phi) is 10.0. The van der Waals surface area contributed by atoms with Crippen LogP contribution in [0.4, 0.5) is 5.82 Å². The van der Waals surface area contributed by atoms with Crippen LogP contribution in [0, 0.1) is 0 Å². The third kappa shape index (κ3) is 7.35. The van der Waals surface area contributed by atoms with Crippen molar-refractivity contribution in [1.82, 2.24) is 20.5 Å². The molecule has 0 unspecified atom stereocenters. The molecule has 0 aliphatic carbocycles. The molecule has 2 aromatic rings. The molecule has 1 aliphatic rings. The number of guanidine groups is 1. The van der Waals surface area contributed by atoms with Crippen molar-refractivity contribution in [3.63, 3.8) is 0 Å². The number of pyridine rings is 1. The molecule has 1 saturated heterocycles. The van der Waals surface area contributed by atoms with E-state index in [0.717, 1.165) is 56.6 Å². The van der Waals surface area contributed by atoms with Gasteiger partial charge in [-0.15, -0.1) is 24.0 Å². The van der Waals surface area contributed by atoms with Gasteiger partial charge >= 0.3 is 0 Å². The molecule has 0 amide bonds. The van der Waals surface area contributed by atoms with Crippen LogP contribution in [0.25, 0.3) is 0 Å². The number of hydrogen-bond acceptors (Lipinski definition) is 4. The van der Waals surface area contributed by atoms with E-state index in [-0.39, 0.29) is 29.4 Å². The van der Waals surface area contributed by atoms with Crippen molar-refractivity contribution < 1.29 is 0 Å². The Labute approximate surface area is 204 Å². The van der Waals surface area contributed by atoms with E-state index in [1.807, 2.05) is 13.2 Å². The largest absolute Gasteiger partial charge is 0.356 e. The van der Waals surface area contributed by atoms with Crippen LogP contribution in [0.3, 0.4) is 0 Å². The minimum Gasteiger partial charge on any atom is -0.356 e. The van der Waals surface area contributed by atoms with Crippen LogP contribution >= 0.6 is 24.0 Å². The summed E-state index contributed by atoms with van der Waals surface area (Å²) in [6.07, 6.45) is 1.97. The second kappa shape index (κ2) is 12.2. The molecule has 0 spiro atoms. The van der Waals surface area contributed by atoms with Crippen LogP contribution in [0.5, 0.6) is 0 Å². The van der Waals surface area contributed by atoms with Crippen molar-refractivity contribution in [2.24, 2.45) is 4.99 Å². The SMILES string of the molecule is CCN1CCN(c2ccc(CNC(=NC)NCC(C)(C)c3ccccc3)cn2)CC1.I. The molecule has 170 valence electrons. The first-order valence-corrected chi connectivity index (χ1v) is 10.9. The Bertz CT molecular complexity index is 799. The highest BCUT2D eigenvalue weighted by molar-refractivity contribution is 14.0. The Morgan fingerprint density at radius 1 is 1.03 bits per heavy atom. The minimum absolute atomic E-state index is 0. The predicted octanol–water partition coefficient (Wildman–Crippen LogP) is 3.48. The minimum atomic E-state index is 0. The van der Waals surface area contributed by atoms with Crippen molar-refractivity contribution in [3.05, 3.63) is 59.8 Å². The molecule has 0 saturated carbocycles. The lowest BCUT2D eigenvalue weighted by atomic mass is 9.85. The zero-order valence-corrected chi connectivity index (χ0v) is 21.6. The third-order valence-corrected chi connectivity index (χ3v) is 5.89. The number of aliphatic imine (C=N–C) groups is 1. The van der Waals surface area contributed by atoms with Crippen molar-refractivity contribution in [2.45, 2.75) is 32.7 Å². The molecule has 6 nitrogen and oxygen atoms in total.